The summed E-state index contributed by atoms with van der Waals surface area (Å²) in [6.45, 7) is 1.94. The van der Waals surface area contributed by atoms with Crippen LogP contribution in [0.3, 0.4) is 0 Å². The number of carboxylic acids is 1. The molecule has 14 heavy (non-hydrogen) atoms. The third-order valence-corrected chi connectivity index (χ3v) is 2.79. The van der Waals surface area contributed by atoms with Gasteiger partial charge in [-0.3, -0.25) is 0 Å². The first-order valence-corrected chi connectivity index (χ1v) is 5.10. The molecule has 0 spiro atoms. The first kappa shape index (κ1) is 11.1. The van der Waals surface area contributed by atoms with Crippen LogP contribution in [0.2, 0.25) is 0 Å². The minimum atomic E-state index is -1.04. The highest BCUT2D eigenvalue weighted by Crippen LogP contribution is 2.22. The smallest absolute Gasteiger partial charge is 0.371 e. The zero-order chi connectivity index (χ0) is 10.6. The van der Waals surface area contributed by atoms with Gasteiger partial charge in [0.25, 0.3) is 0 Å². The van der Waals surface area contributed by atoms with Crippen molar-refractivity contribution >= 4 is 17.7 Å². The molecule has 78 valence electrons. The maximum atomic E-state index is 10.5. The Morgan fingerprint density at radius 1 is 1.71 bits per heavy atom. The standard InChI is InChI=1S/C9H12O4S/c1-6(12-2)5-14-8-4-3-7(13-8)9(10)11/h3-4,6H,5H2,1-2H3,(H,10,11). The summed E-state index contributed by atoms with van der Waals surface area (Å²) in [6.07, 6.45) is 0.123. The van der Waals surface area contributed by atoms with Crippen LogP contribution in [0.5, 0.6) is 0 Å². The Bertz CT molecular complexity index is 308. The number of rotatable bonds is 5. The van der Waals surface area contributed by atoms with Crippen molar-refractivity contribution in [3.05, 3.63) is 17.9 Å². The van der Waals surface area contributed by atoms with Crippen LogP contribution in [0.15, 0.2) is 21.6 Å². The summed E-state index contributed by atoms with van der Waals surface area (Å²) < 4.78 is 10.1. The van der Waals surface area contributed by atoms with Gasteiger partial charge in [-0.05, 0) is 19.1 Å². The molecule has 1 unspecified atom stereocenters. The van der Waals surface area contributed by atoms with Crippen LogP contribution in [0.25, 0.3) is 0 Å². The Balaban J connectivity index is 2.48. The molecule has 0 radical (unpaired) electrons. The van der Waals surface area contributed by atoms with Crippen LogP contribution in [0, 0.1) is 0 Å². The lowest BCUT2D eigenvalue weighted by Gasteiger charge is -2.06. The Labute approximate surface area is 86.2 Å². The Morgan fingerprint density at radius 2 is 2.43 bits per heavy atom. The third kappa shape index (κ3) is 3.08. The van der Waals surface area contributed by atoms with Crippen LogP contribution in [0.1, 0.15) is 17.5 Å². The molecule has 0 aromatic carbocycles. The topological polar surface area (TPSA) is 59.7 Å². The molecule has 0 aliphatic rings. The molecule has 1 aromatic rings. The van der Waals surface area contributed by atoms with Crippen LogP contribution in [0.4, 0.5) is 0 Å². The van der Waals surface area contributed by atoms with Gasteiger partial charge in [0, 0.05) is 12.9 Å². The van der Waals surface area contributed by atoms with E-state index >= 15 is 0 Å². The van der Waals surface area contributed by atoms with Crippen molar-refractivity contribution in [1.82, 2.24) is 0 Å². The summed E-state index contributed by atoms with van der Waals surface area (Å²) >= 11 is 1.44. The minimum absolute atomic E-state index is 0.0300. The normalized spacial score (nSPS) is 12.7. The second-order valence-corrected chi connectivity index (χ2v) is 3.81. The number of ether oxygens (including phenoxy) is 1. The van der Waals surface area contributed by atoms with Crippen molar-refractivity contribution < 1.29 is 19.1 Å². The zero-order valence-electron chi connectivity index (χ0n) is 8.02. The summed E-state index contributed by atoms with van der Waals surface area (Å²) in [4.78, 5) is 10.5. The van der Waals surface area contributed by atoms with Gasteiger partial charge in [-0.2, -0.15) is 0 Å². The Morgan fingerprint density at radius 3 is 2.93 bits per heavy atom. The summed E-state index contributed by atoms with van der Waals surface area (Å²) in [5.74, 6) is -0.336. The average molecular weight is 216 g/mol. The van der Waals surface area contributed by atoms with Gasteiger partial charge in [-0.25, -0.2) is 4.79 Å². The van der Waals surface area contributed by atoms with Crippen molar-refractivity contribution in [2.75, 3.05) is 12.9 Å². The highest BCUT2D eigenvalue weighted by Gasteiger charge is 2.10. The molecule has 1 N–H and O–H groups in total. The molecule has 0 fully saturated rings. The maximum absolute atomic E-state index is 10.5. The lowest BCUT2D eigenvalue weighted by atomic mass is 10.5. The summed E-state index contributed by atoms with van der Waals surface area (Å²) in [7, 11) is 1.63. The van der Waals surface area contributed by atoms with Gasteiger partial charge in [0.1, 0.15) is 0 Å². The van der Waals surface area contributed by atoms with E-state index in [4.69, 9.17) is 14.3 Å². The van der Waals surface area contributed by atoms with E-state index in [0.29, 0.717) is 5.09 Å². The van der Waals surface area contributed by atoms with Crippen LogP contribution >= 0.6 is 11.8 Å². The molecule has 0 amide bonds. The lowest BCUT2D eigenvalue weighted by Crippen LogP contribution is -2.07. The zero-order valence-corrected chi connectivity index (χ0v) is 8.84. The molecule has 0 bridgehead atoms. The van der Waals surface area contributed by atoms with E-state index in [2.05, 4.69) is 0 Å². The molecular weight excluding hydrogens is 204 g/mol. The van der Waals surface area contributed by atoms with Crippen molar-refractivity contribution in [3.63, 3.8) is 0 Å². The highest BCUT2D eigenvalue weighted by molar-refractivity contribution is 7.99. The van der Waals surface area contributed by atoms with E-state index in [-0.39, 0.29) is 11.9 Å². The van der Waals surface area contributed by atoms with E-state index in [1.54, 1.807) is 13.2 Å². The number of thioether (sulfide) groups is 1. The monoisotopic (exact) mass is 216 g/mol. The Kier molecular flexibility index (Phi) is 4.03. The summed E-state index contributed by atoms with van der Waals surface area (Å²) in [5.41, 5.74) is 0. The van der Waals surface area contributed by atoms with E-state index in [1.165, 1.54) is 17.8 Å². The second-order valence-electron chi connectivity index (χ2n) is 2.78. The molecular formula is C9H12O4S. The number of carbonyl (C=O) groups is 1. The van der Waals surface area contributed by atoms with Gasteiger partial charge in [0.2, 0.25) is 5.76 Å². The van der Waals surface area contributed by atoms with Crippen molar-refractivity contribution in [2.24, 2.45) is 0 Å². The van der Waals surface area contributed by atoms with Gasteiger partial charge in [-0.15, -0.1) is 0 Å². The predicted molar refractivity (Wildman–Crippen MR) is 52.9 cm³/mol. The lowest BCUT2D eigenvalue weighted by molar-refractivity contribution is 0.0656. The third-order valence-electron chi connectivity index (χ3n) is 1.65. The molecule has 0 aliphatic carbocycles. The molecule has 0 saturated carbocycles. The largest absolute Gasteiger partial charge is 0.475 e. The van der Waals surface area contributed by atoms with Gasteiger partial charge >= 0.3 is 5.97 Å². The van der Waals surface area contributed by atoms with Crippen LogP contribution in [-0.2, 0) is 4.74 Å². The summed E-state index contributed by atoms with van der Waals surface area (Å²) in [5, 5.41) is 9.20. The molecule has 1 heterocycles. The number of carboxylic acid groups (broad SMARTS) is 1. The fourth-order valence-electron chi connectivity index (χ4n) is 0.780. The number of hydrogen-bond donors (Lipinski definition) is 1. The highest BCUT2D eigenvalue weighted by atomic mass is 32.2. The number of hydrogen-bond acceptors (Lipinski definition) is 4. The van der Waals surface area contributed by atoms with Gasteiger partial charge in [0.15, 0.2) is 5.09 Å². The quantitative estimate of drug-likeness (QED) is 0.764. The Hall–Kier alpha value is -0.940. The second kappa shape index (κ2) is 5.07. The van der Waals surface area contributed by atoms with E-state index in [1.807, 2.05) is 6.92 Å². The molecule has 0 saturated heterocycles. The molecule has 1 aromatic heterocycles. The van der Waals surface area contributed by atoms with Crippen molar-refractivity contribution in [2.45, 2.75) is 18.1 Å². The van der Waals surface area contributed by atoms with Gasteiger partial charge < -0.3 is 14.3 Å². The van der Waals surface area contributed by atoms with Gasteiger partial charge in [0.05, 0.1) is 6.10 Å². The SMILES string of the molecule is COC(C)CSc1ccc(C(=O)O)o1. The maximum Gasteiger partial charge on any atom is 0.371 e. The van der Waals surface area contributed by atoms with Crippen LogP contribution in [-0.4, -0.2) is 30.0 Å². The number of aromatic carboxylic acids is 1. The molecule has 0 aliphatic heterocycles. The summed E-state index contributed by atoms with van der Waals surface area (Å²) in [6, 6.07) is 3.10. The van der Waals surface area contributed by atoms with Crippen molar-refractivity contribution in [1.29, 1.82) is 0 Å². The first-order valence-electron chi connectivity index (χ1n) is 4.12. The molecule has 1 atom stereocenters. The van der Waals surface area contributed by atoms with Gasteiger partial charge in [-0.1, -0.05) is 11.8 Å². The fourth-order valence-corrected chi connectivity index (χ4v) is 1.63. The number of furan rings is 1. The molecule has 1 rings (SSSR count). The van der Waals surface area contributed by atoms with E-state index in [9.17, 15) is 4.79 Å². The van der Waals surface area contributed by atoms with E-state index < -0.39 is 5.97 Å². The molecule has 4 nitrogen and oxygen atoms in total. The fraction of sp³-hybridized carbons (Fsp3) is 0.444. The van der Waals surface area contributed by atoms with Crippen LogP contribution < -0.4 is 0 Å². The average Bonchev–Trinajstić information content (AvgIpc) is 2.62. The predicted octanol–water partition coefficient (Wildman–Crippen LogP) is 2.10. The van der Waals surface area contributed by atoms with Crippen molar-refractivity contribution in [3.8, 4) is 0 Å². The minimum Gasteiger partial charge on any atom is -0.475 e. The first-order chi connectivity index (χ1) is 6.63. The van der Waals surface area contributed by atoms with E-state index in [0.717, 1.165) is 5.75 Å². The number of methoxy groups -OCH3 is 1. The molecule has 5 heteroatoms.